The van der Waals surface area contributed by atoms with E-state index < -0.39 is 8.32 Å². The van der Waals surface area contributed by atoms with Crippen LogP contribution in [-0.2, 0) is 10.8 Å². The van der Waals surface area contributed by atoms with Crippen LogP contribution in [0.25, 0.3) is 0 Å². The Kier molecular flexibility index (Phi) is 5.52. The third-order valence-electron chi connectivity index (χ3n) is 4.48. The molecule has 0 aromatic heterocycles. The predicted octanol–water partition coefficient (Wildman–Crippen LogP) is 4.54. The van der Waals surface area contributed by atoms with E-state index in [2.05, 4.69) is 104 Å². The Morgan fingerprint density at radius 3 is 1.68 bits per heavy atom. The summed E-state index contributed by atoms with van der Waals surface area (Å²) in [5.41, 5.74) is 1.30. The Bertz CT molecular complexity index is 771. The number of benzene rings is 3. The number of hydrogen-bond acceptors (Lipinski definition) is 1. The number of allylic oxidation sites excluding steroid dienone is 2. The topological polar surface area (TPSA) is 9.23 Å². The first kappa shape index (κ1) is 17.2. The molecule has 0 unspecified atom stereocenters. The lowest BCUT2D eigenvalue weighted by molar-refractivity contribution is 0.433. The van der Waals surface area contributed by atoms with Gasteiger partial charge in [0.05, 0.1) is 5.76 Å². The molecule has 0 saturated carbocycles. The monoisotopic (exact) mass is 344 g/mol. The minimum atomic E-state index is -2.27. The zero-order valence-corrected chi connectivity index (χ0v) is 15.9. The second-order valence-electron chi connectivity index (χ2n) is 6.37. The zero-order chi connectivity index (χ0) is 17.5. The van der Waals surface area contributed by atoms with Gasteiger partial charge in [-0.05, 0) is 41.9 Å². The Labute approximate surface area is 151 Å². The smallest absolute Gasteiger partial charge is 0.311 e. The zero-order valence-electron chi connectivity index (χ0n) is 14.9. The molecule has 0 amide bonds. The molecule has 0 aliphatic heterocycles. The highest BCUT2D eigenvalue weighted by molar-refractivity contribution is 6.96. The van der Waals surface area contributed by atoms with Crippen LogP contribution in [0.3, 0.4) is 0 Å². The minimum Gasteiger partial charge on any atom is -0.539 e. The predicted molar refractivity (Wildman–Crippen MR) is 109 cm³/mol. The van der Waals surface area contributed by atoms with Crippen molar-refractivity contribution in [1.29, 1.82) is 0 Å². The van der Waals surface area contributed by atoms with Crippen LogP contribution in [0.1, 0.15) is 12.5 Å². The Balaban J connectivity index is 1.88. The molecule has 1 nitrogen and oxygen atoms in total. The fraction of sp³-hybridized carbons (Fsp3) is 0.130. The molecule has 126 valence electrons. The molecular formula is C23H24OSi. The van der Waals surface area contributed by atoms with Crippen LogP contribution in [0.15, 0.2) is 103 Å². The normalized spacial score (nSPS) is 12.0. The maximum atomic E-state index is 6.63. The van der Waals surface area contributed by atoms with Crippen LogP contribution in [0, 0.1) is 0 Å². The van der Waals surface area contributed by atoms with Crippen molar-refractivity contribution in [3.05, 3.63) is 108 Å². The lowest BCUT2D eigenvalue weighted by atomic mass is 10.1. The first-order valence-electron chi connectivity index (χ1n) is 8.69. The number of rotatable bonds is 6. The third kappa shape index (κ3) is 4.28. The molecule has 2 heteroatoms. The summed E-state index contributed by atoms with van der Waals surface area (Å²) in [7, 11) is -2.27. The van der Waals surface area contributed by atoms with E-state index in [9.17, 15) is 0 Å². The molecule has 0 aliphatic carbocycles. The summed E-state index contributed by atoms with van der Waals surface area (Å²) in [6.45, 7) is 4.34. The molecule has 0 bridgehead atoms. The van der Waals surface area contributed by atoms with Gasteiger partial charge in [-0.3, -0.25) is 0 Å². The van der Waals surface area contributed by atoms with E-state index >= 15 is 0 Å². The summed E-state index contributed by atoms with van der Waals surface area (Å²) in [5, 5.41) is 2.57. The molecule has 0 spiro atoms. The number of hydrogen-bond donors (Lipinski definition) is 0. The van der Waals surface area contributed by atoms with Crippen LogP contribution in [-0.4, -0.2) is 8.32 Å². The summed E-state index contributed by atoms with van der Waals surface area (Å²) in [6, 6.07) is 31.7. The highest BCUT2D eigenvalue weighted by Gasteiger charge is 2.35. The van der Waals surface area contributed by atoms with Crippen LogP contribution in [0.5, 0.6) is 0 Å². The van der Waals surface area contributed by atoms with Gasteiger partial charge in [0.1, 0.15) is 0 Å². The van der Waals surface area contributed by atoms with Gasteiger partial charge in [0.15, 0.2) is 0 Å². The van der Waals surface area contributed by atoms with Crippen molar-refractivity contribution in [2.45, 2.75) is 19.9 Å². The summed E-state index contributed by atoms with van der Waals surface area (Å²) in [4.78, 5) is 0. The fourth-order valence-corrected chi connectivity index (χ4v) is 5.99. The molecule has 0 saturated heterocycles. The van der Waals surface area contributed by atoms with Crippen molar-refractivity contribution >= 4 is 18.7 Å². The molecule has 0 aliphatic rings. The molecule has 3 aromatic carbocycles. The highest BCUT2D eigenvalue weighted by Crippen LogP contribution is 2.13. The SMILES string of the molecule is C/C(=C\Cc1ccccc1)O[Si](C)(c1ccccc1)c1ccccc1. The van der Waals surface area contributed by atoms with Crippen LogP contribution < -0.4 is 10.4 Å². The second kappa shape index (κ2) is 7.99. The molecule has 0 radical (unpaired) electrons. The van der Waals surface area contributed by atoms with Gasteiger partial charge in [-0.2, -0.15) is 0 Å². The molecule has 0 N–H and O–H groups in total. The van der Waals surface area contributed by atoms with E-state index in [1.165, 1.54) is 15.9 Å². The average molecular weight is 345 g/mol. The first-order chi connectivity index (χ1) is 12.2. The molecule has 0 heterocycles. The first-order valence-corrected chi connectivity index (χ1v) is 11.1. The van der Waals surface area contributed by atoms with Gasteiger partial charge in [0, 0.05) is 0 Å². The summed E-state index contributed by atoms with van der Waals surface area (Å²) in [6.07, 6.45) is 3.08. The molecule has 3 rings (SSSR count). The van der Waals surface area contributed by atoms with Gasteiger partial charge in [-0.1, -0.05) is 91.0 Å². The van der Waals surface area contributed by atoms with Crippen molar-refractivity contribution in [2.24, 2.45) is 0 Å². The minimum absolute atomic E-state index is 0.890. The summed E-state index contributed by atoms with van der Waals surface area (Å²) in [5.74, 6) is 0.991. The second-order valence-corrected chi connectivity index (χ2v) is 9.80. The van der Waals surface area contributed by atoms with Crippen molar-refractivity contribution in [3.8, 4) is 0 Å². The van der Waals surface area contributed by atoms with Gasteiger partial charge < -0.3 is 4.43 Å². The Hall–Kier alpha value is -2.58. The van der Waals surface area contributed by atoms with Crippen LogP contribution in [0.4, 0.5) is 0 Å². The van der Waals surface area contributed by atoms with Crippen LogP contribution in [0.2, 0.25) is 6.55 Å². The lowest BCUT2D eigenvalue weighted by Crippen LogP contribution is -2.57. The van der Waals surface area contributed by atoms with Gasteiger partial charge in [-0.25, -0.2) is 0 Å². The standard InChI is InChI=1S/C23H24OSi/c1-20(18-19-21-12-6-3-7-13-21)24-25(2,22-14-8-4-9-15-22)23-16-10-5-11-17-23/h3-18H,19H2,1-2H3/b20-18+. The van der Waals surface area contributed by atoms with Crippen molar-refractivity contribution in [1.82, 2.24) is 0 Å². The molecule has 3 aromatic rings. The van der Waals surface area contributed by atoms with Gasteiger partial charge in [0.2, 0.25) is 0 Å². The molecule has 0 fully saturated rings. The van der Waals surface area contributed by atoms with E-state index in [1.54, 1.807) is 0 Å². The van der Waals surface area contributed by atoms with Gasteiger partial charge in [-0.15, -0.1) is 0 Å². The van der Waals surface area contributed by atoms with E-state index in [4.69, 9.17) is 4.43 Å². The van der Waals surface area contributed by atoms with E-state index in [0.29, 0.717) is 0 Å². The average Bonchev–Trinajstić information content (AvgIpc) is 2.68. The van der Waals surface area contributed by atoms with E-state index in [0.717, 1.165) is 12.2 Å². The van der Waals surface area contributed by atoms with Crippen molar-refractivity contribution < 1.29 is 4.43 Å². The van der Waals surface area contributed by atoms with E-state index in [1.807, 2.05) is 6.07 Å². The van der Waals surface area contributed by atoms with Crippen LogP contribution >= 0.6 is 0 Å². The van der Waals surface area contributed by atoms with Crippen molar-refractivity contribution in [2.75, 3.05) is 0 Å². The fourth-order valence-electron chi connectivity index (χ4n) is 3.04. The Morgan fingerprint density at radius 2 is 1.20 bits per heavy atom. The Morgan fingerprint density at radius 1 is 0.760 bits per heavy atom. The lowest BCUT2D eigenvalue weighted by Gasteiger charge is -2.29. The summed E-state index contributed by atoms with van der Waals surface area (Å²) >= 11 is 0. The highest BCUT2D eigenvalue weighted by atomic mass is 28.4. The summed E-state index contributed by atoms with van der Waals surface area (Å²) < 4.78 is 6.63. The quantitative estimate of drug-likeness (QED) is 0.471. The maximum Gasteiger partial charge on any atom is 0.311 e. The largest absolute Gasteiger partial charge is 0.539 e. The van der Waals surface area contributed by atoms with Gasteiger partial charge in [0.25, 0.3) is 0 Å². The van der Waals surface area contributed by atoms with Crippen molar-refractivity contribution in [3.63, 3.8) is 0 Å². The molecule has 0 atom stereocenters. The maximum absolute atomic E-state index is 6.63. The van der Waals surface area contributed by atoms with Gasteiger partial charge >= 0.3 is 8.32 Å². The molecule has 25 heavy (non-hydrogen) atoms. The van der Waals surface area contributed by atoms with E-state index in [-0.39, 0.29) is 0 Å². The third-order valence-corrected chi connectivity index (χ3v) is 8.08. The molecular weight excluding hydrogens is 320 g/mol.